The maximum atomic E-state index is 5.47. The summed E-state index contributed by atoms with van der Waals surface area (Å²) in [5.74, 6) is 1.03. The van der Waals surface area contributed by atoms with E-state index in [1.807, 2.05) is 11.3 Å². The molecule has 118 valence electrons. The molecule has 0 aromatic carbocycles. The summed E-state index contributed by atoms with van der Waals surface area (Å²) >= 11 is 1.83. The van der Waals surface area contributed by atoms with Gasteiger partial charge < -0.3 is 15.0 Å². The van der Waals surface area contributed by atoms with Crippen molar-refractivity contribution in [3.63, 3.8) is 0 Å². The molecule has 5 nitrogen and oxygen atoms in total. The zero-order chi connectivity index (χ0) is 13.8. The Balaban J connectivity index is 0.00000161. The number of morpholine rings is 1. The van der Waals surface area contributed by atoms with Crippen LogP contribution in [0, 0.1) is 0 Å². The van der Waals surface area contributed by atoms with Crippen LogP contribution in [0.15, 0.2) is 22.5 Å². The highest BCUT2D eigenvalue weighted by Gasteiger charge is 2.24. The van der Waals surface area contributed by atoms with E-state index in [4.69, 9.17) is 4.74 Å². The Kier molecular flexibility index (Phi) is 6.72. The van der Waals surface area contributed by atoms with E-state index in [-0.39, 0.29) is 24.0 Å². The van der Waals surface area contributed by atoms with E-state index in [0.29, 0.717) is 6.04 Å². The first-order valence-corrected chi connectivity index (χ1v) is 8.07. The van der Waals surface area contributed by atoms with Gasteiger partial charge in [-0.05, 0) is 11.4 Å². The summed E-state index contributed by atoms with van der Waals surface area (Å²) in [4.78, 5) is 10.6. The number of hydrogen-bond donors (Lipinski definition) is 1. The normalized spacial score (nSPS) is 20.8. The van der Waals surface area contributed by atoms with Crippen molar-refractivity contribution in [1.29, 1.82) is 0 Å². The van der Waals surface area contributed by atoms with Crippen molar-refractivity contribution in [3.8, 4) is 0 Å². The number of ether oxygens (including phenoxy) is 1. The van der Waals surface area contributed by atoms with E-state index in [2.05, 4.69) is 44.7 Å². The van der Waals surface area contributed by atoms with Crippen LogP contribution in [0.25, 0.3) is 0 Å². The lowest BCUT2D eigenvalue weighted by molar-refractivity contribution is 0.0176. The minimum Gasteiger partial charge on any atom is -0.379 e. The summed E-state index contributed by atoms with van der Waals surface area (Å²) < 4.78 is 5.47. The van der Waals surface area contributed by atoms with E-state index in [1.54, 1.807) is 0 Å². The largest absolute Gasteiger partial charge is 0.379 e. The molecule has 21 heavy (non-hydrogen) atoms. The number of thiophene rings is 1. The van der Waals surface area contributed by atoms with Gasteiger partial charge in [0.05, 0.1) is 25.8 Å². The topological polar surface area (TPSA) is 40.1 Å². The van der Waals surface area contributed by atoms with Gasteiger partial charge in [0.2, 0.25) is 0 Å². The SMILES string of the molecule is CN1CCN=C1NCC(c1cccs1)N1CCOCC1.I. The van der Waals surface area contributed by atoms with Crippen molar-refractivity contribution in [1.82, 2.24) is 15.1 Å². The van der Waals surface area contributed by atoms with Crippen LogP contribution in [-0.2, 0) is 4.74 Å². The maximum absolute atomic E-state index is 5.47. The van der Waals surface area contributed by atoms with E-state index < -0.39 is 0 Å². The molecule has 0 spiro atoms. The Bertz CT molecular complexity index is 448. The molecule has 3 heterocycles. The van der Waals surface area contributed by atoms with Crippen LogP contribution in [-0.4, -0.2) is 68.7 Å². The van der Waals surface area contributed by atoms with Crippen LogP contribution in [0.3, 0.4) is 0 Å². The second kappa shape index (κ2) is 8.30. The highest BCUT2D eigenvalue weighted by molar-refractivity contribution is 14.0. The quantitative estimate of drug-likeness (QED) is 0.750. The fourth-order valence-corrected chi connectivity index (χ4v) is 3.55. The molecular weight excluding hydrogens is 399 g/mol. The van der Waals surface area contributed by atoms with Crippen LogP contribution < -0.4 is 5.32 Å². The van der Waals surface area contributed by atoms with Gasteiger partial charge in [0.25, 0.3) is 0 Å². The molecule has 1 aromatic rings. The van der Waals surface area contributed by atoms with Gasteiger partial charge >= 0.3 is 0 Å². The molecular formula is C14H23IN4OS. The van der Waals surface area contributed by atoms with Crippen molar-refractivity contribution in [3.05, 3.63) is 22.4 Å². The average molecular weight is 422 g/mol. The van der Waals surface area contributed by atoms with E-state index in [0.717, 1.165) is 51.9 Å². The van der Waals surface area contributed by atoms with Crippen LogP contribution in [0.4, 0.5) is 0 Å². The summed E-state index contributed by atoms with van der Waals surface area (Å²) in [6.45, 7) is 6.51. The smallest absolute Gasteiger partial charge is 0.193 e. The summed E-state index contributed by atoms with van der Waals surface area (Å²) in [5, 5.41) is 5.67. The Labute approximate surface area is 147 Å². The number of guanidine groups is 1. The van der Waals surface area contributed by atoms with Gasteiger partial charge in [-0.2, -0.15) is 0 Å². The highest BCUT2D eigenvalue weighted by atomic mass is 127. The van der Waals surface area contributed by atoms with Crippen molar-refractivity contribution in [2.24, 2.45) is 4.99 Å². The lowest BCUT2D eigenvalue weighted by Crippen LogP contribution is -2.45. The van der Waals surface area contributed by atoms with Gasteiger partial charge in [0.15, 0.2) is 5.96 Å². The lowest BCUT2D eigenvalue weighted by Gasteiger charge is -2.34. The Morgan fingerprint density at radius 2 is 2.19 bits per heavy atom. The second-order valence-electron chi connectivity index (χ2n) is 5.19. The summed E-state index contributed by atoms with van der Waals surface area (Å²) in [5.41, 5.74) is 0. The average Bonchev–Trinajstić information content (AvgIpc) is 3.13. The fourth-order valence-electron chi connectivity index (χ4n) is 2.69. The van der Waals surface area contributed by atoms with Crippen LogP contribution in [0.5, 0.6) is 0 Å². The number of hydrogen-bond acceptors (Lipinski definition) is 6. The molecule has 2 aliphatic heterocycles. The second-order valence-corrected chi connectivity index (χ2v) is 6.17. The third-order valence-electron chi connectivity index (χ3n) is 3.87. The van der Waals surface area contributed by atoms with Crippen molar-refractivity contribution in [2.75, 3.05) is 53.0 Å². The number of halogens is 1. The van der Waals surface area contributed by atoms with Crippen LogP contribution in [0.1, 0.15) is 10.9 Å². The minimum absolute atomic E-state index is 0. The molecule has 3 rings (SSSR count). The third-order valence-corrected chi connectivity index (χ3v) is 4.84. The summed E-state index contributed by atoms with van der Waals surface area (Å²) in [6.07, 6.45) is 0. The molecule has 1 aromatic heterocycles. The minimum atomic E-state index is 0. The molecule has 1 unspecified atom stereocenters. The lowest BCUT2D eigenvalue weighted by atomic mass is 10.2. The van der Waals surface area contributed by atoms with Gasteiger partial charge in [0.1, 0.15) is 0 Å². The van der Waals surface area contributed by atoms with Gasteiger partial charge in [-0.3, -0.25) is 9.89 Å². The van der Waals surface area contributed by atoms with Crippen LogP contribution >= 0.6 is 35.3 Å². The maximum Gasteiger partial charge on any atom is 0.193 e. The monoisotopic (exact) mass is 422 g/mol. The van der Waals surface area contributed by atoms with Crippen molar-refractivity contribution in [2.45, 2.75) is 6.04 Å². The van der Waals surface area contributed by atoms with Gasteiger partial charge in [-0.25, -0.2) is 0 Å². The number of nitrogens with zero attached hydrogens (tertiary/aromatic N) is 3. The molecule has 0 amide bonds. The highest BCUT2D eigenvalue weighted by Crippen LogP contribution is 2.25. The van der Waals surface area contributed by atoms with Gasteiger partial charge in [-0.1, -0.05) is 6.07 Å². The van der Waals surface area contributed by atoms with E-state index in [1.165, 1.54) is 4.88 Å². The molecule has 1 atom stereocenters. The Morgan fingerprint density at radius 1 is 1.38 bits per heavy atom. The van der Waals surface area contributed by atoms with Crippen molar-refractivity contribution < 1.29 is 4.74 Å². The summed E-state index contributed by atoms with van der Waals surface area (Å²) in [7, 11) is 2.09. The molecule has 0 radical (unpaired) electrons. The molecule has 0 saturated carbocycles. The van der Waals surface area contributed by atoms with Gasteiger partial charge in [0, 0.05) is 38.1 Å². The molecule has 0 aliphatic carbocycles. The number of rotatable bonds is 4. The van der Waals surface area contributed by atoms with Crippen LogP contribution in [0.2, 0.25) is 0 Å². The van der Waals surface area contributed by atoms with Gasteiger partial charge in [-0.15, -0.1) is 35.3 Å². The molecule has 1 fully saturated rings. The standard InChI is InChI=1S/C14H22N4OS.HI/c1-17-5-4-15-14(17)16-11-12(13-3-2-10-20-13)18-6-8-19-9-7-18;/h2-3,10,12H,4-9,11H2,1H3,(H,15,16);1H. The Hall–Kier alpha value is -0.380. The first kappa shape index (κ1) is 17.0. The molecule has 0 bridgehead atoms. The predicted molar refractivity (Wildman–Crippen MR) is 97.8 cm³/mol. The number of likely N-dealkylation sites (N-methyl/N-ethyl adjacent to an activating group) is 1. The zero-order valence-electron chi connectivity index (χ0n) is 12.3. The van der Waals surface area contributed by atoms with Crippen molar-refractivity contribution >= 4 is 41.3 Å². The Morgan fingerprint density at radius 3 is 2.81 bits per heavy atom. The molecule has 1 N–H and O–H groups in total. The third kappa shape index (κ3) is 4.30. The predicted octanol–water partition coefficient (Wildman–Crippen LogP) is 1.63. The fraction of sp³-hybridized carbons (Fsp3) is 0.643. The number of nitrogens with one attached hydrogen (secondary N) is 1. The first-order chi connectivity index (χ1) is 9.84. The summed E-state index contributed by atoms with van der Waals surface area (Å²) in [6, 6.07) is 4.77. The molecule has 2 aliphatic rings. The first-order valence-electron chi connectivity index (χ1n) is 7.19. The number of aliphatic imine (C=N–C) groups is 1. The zero-order valence-corrected chi connectivity index (χ0v) is 15.5. The molecule has 7 heteroatoms. The molecule has 1 saturated heterocycles. The van der Waals surface area contributed by atoms with E-state index >= 15 is 0 Å². The van der Waals surface area contributed by atoms with E-state index in [9.17, 15) is 0 Å².